The first-order valence-corrected chi connectivity index (χ1v) is 9.68. The van der Waals surface area contributed by atoms with Crippen LogP contribution in [0.1, 0.15) is 68.4 Å². The van der Waals surface area contributed by atoms with Crippen LogP contribution in [0, 0.1) is 17.2 Å². The number of aryl methyl sites for hydroxylation is 2. The van der Waals surface area contributed by atoms with Crippen LogP contribution in [0.25, 0.3) is 0 Å². The lowest BCUT2D eigenvalue weighted by Gasteiger charge is -2.18. The second-order valence-corrected chi connectivity index (χ2v) is 7.31. The van der Waals surface area contributed by atoms with Crippen molar-refractivity contribution in [2.45, 2.75) is 66.4 Å². The maximum atomic E-state index is 9.04. The van der Waals surface area contributed by atoms with Crippen LogP contribution in [0.5, 0.6) is 5.75 Å². The summed E-state index contributed by atoms with van der Waals surface area (Å²) in [5.41, 5.74) is 5.65. The minimum Gasteiger partial charge on any atom is -0.489 e. The fourth-order valence-electron chi connectivity index (χ4n) is 3.24. The lowest BCUT2D eigenvalue weighted by atomic mass is 9.93. The molecule has 0 aliphatic rings. The third kappa shape index (κ3) is 5.59. The molecule has 0 saturated carbocycles. The summed E-state index contributed by atoms with van der Waals surface area (Å²) in [7, 11) is 0. The summed E-state index contributed by atoms with van der Waals surface area (Å²) in [5, 5.41) is 9.04. The zero-order valence-electron chi connectivity index (χ0n) is 16.5. The zero-order valence-corrected chi connectivity index (χ0v) is 16.5. The lowest BCUT2D eigenvalue weighted by molar-refractivity contribution is 0.301. The molecule has 1 aromatic heterocycles. The van der Waals surface area contributed by atoms with Gasteiger partial charge in [0.1, 0.15) is 18.4 Å². The molecule has 1 heterocycles. The smallest absolute Gasteiger partial charge is 0.123 e. The van der Waals surface area contributed by atoms with Crippen molar-refractivity contribution < 1.29 is 4.74 Å². The maximum Gasteiger partial charge on any atom is 0.123 e. The third-order valence-electron chi connectivity index (χ3n) is 4.37. The number of hydrogen-bond acceptors (Lipinski definition) is 3. The first kappa shape index (κ1) is 20.0. The predicted octanol–water partition coefficient (Wildman–Crippen LogP) is 5.64. The Morgan fingerprint density at radius 3 is 2.31 bits per heavy atom. The van der Waals surface area contributed by atoms with Crippen molar-refractivity contribution in [1.82, 2.24) is 4.98 Å². The van der Waals surface area contributed by atoms with Gasteiger partial charge in [0.2, 0.25) is 0 Å². The minimum absolute atomic E-state index is 0.437. The van der Waals surface area contributed by atoms with Gasteiger partial charge in [-0.25, -0.2) is 0 Å². The monoisotopic (exact) mass is 350 g/mol. The lowest BCUT2D eigenvalue weighted by Crippen LogP contribution is -2.05. The maximum absolute atomic E-state index is 9.04. The van der Waals surface area contributed by atoms with Gasteiger partial charge in [0, 0.05) is 18.0 Å². The van der Waals surface area contributed by atoms with Crippen LogP contribution < -0.4 is 4.74 Å². The SMILES string of the molecule is CCCc1cc(CC(C)C)c(OCc2cncc(C#N)c2)cc1CCC. The predicted molar refractivity (Wildman–Crippen MR) is 106 cm³/mol. The van der Waals surface area contributed by atoms with Crippen molar-refractivity contribution in [1.29, 1.82) is 5.26 Å². The highest BCUT2D eigenvalue weighted by Crippen LogP contribution is 2.29. The Balaban J connectivity index is 2.30. The minimum atomic E-state index is 0.437. The van der Waals surface area contributed by atoms with Gasteiger partial charge in [0.25, 0.3) is 0 Å². The summed E-state index contributed by atoms with van der Waals surface area (Å²) < 4.78 is 6.19. The highest BCUT2D eigenvalue weighted by molar-refractivity contribution is 5.43. The Morgan fingerprint density at radius 1 is 1.00 bits per heavy atom. The molecule has 3 heteroatoms. The molecule has 2 rings (SSSR count). The number of nitrogens with zero attached hydrogens (tertiary/aromatic N) is 2. The Bertz CT molecular complexity index is 759. The fourth-order valence-corrected chi connectivity index (χ4v) is 3.24. The molecule has 0 aliphatic carbocycles. The van der Waals surface area contributed by atoms with Crippen molar-refractivity contribution >= 4 is 0 Å². The van der Waals surface area contributed by atoms with E-state index < -0.39 is 0 Å². The van der Waals surface area contributed by atoms with E-state index in [0.717, 1.165) is 43.4 Å². The number of aromatic nitrogens is 1. The van der Waals surface area contributed by atoms with E-state index in [2.05, 4.69) is 50.9 Å². The highest BCUT2D eigenvalue weighted by atomic mass is 16.5. The van der Waals surface area contributed by atoms with Gasteiger partial charge in [-0.3, -0.25) is 4.98 Å². The van der Waals surface area contributed by atoms with Crippen molar-refractivity contribution in [2.75, 3.05) is 0 Å². The average molecular weight is 351 g/mol. The van der Waals surface area contributed by atoms with Crippen LogP contribution in [0.4, 0.5) is 0 Å². The highest BCUT2D eigenvalue weighted by Gasteiger charge is 2.12. The molecule has 0 saturated heterocycles. The Labute approximate surface area is 158 Å². The Kier molecular flexibility index (Phi) is 7.66. The van der Waals surface area contributed by atoms with Gasteiger partial charge in [0.05, 0.1) is 5.56 Å². The molecule has 0 spiro atoms. The summed E-state index contributed by atoms with van der Waals surface area (Å²) in [4.78, 5) is 4.12. The molecule has 138 valence electrons. The number of hydrogen-bond donors (Lipinski definition) is 0. The van der Waals surface area contributed by atoms with E-state index in [9.17, 15) is 0 Å². The van der Waals surface area contributed by atoms with Gasteiger partial charge in [-0.1, -0.05) is 46.6 Å². The van der Waals surface area contributed by atoms with E-state index in [4.69, 9.17) is 10.00 Å². The van der Waals surface area contributed by atoms with E-state index in [-0.39, 0.29) is 0 Å². The molecule has 0 bridgehead atoms. The van der Waals surface area contributed by atoms with Gasteiger partial charge in [-0.15, -0.1) is 0 Å². The summed E-state index contributed by atoms with van der Waals surface area (Å²) in [5.74, 6) is 1.55. The van der Waals surface area contributed by atoms with Crippen LogP contribution >= 0.6 is 0 Å². The number of nitriles is 1. The van der Waals surface area contributed by atoms with Crippen molar-refractivity contribution in [3.8, 4) is 11.8 Å². The molecule has 0 atom stereocenters. The van der Waals surface area contributed by atoms with Gasteiger partial charge < -0.3 is 4.74 Å². The molecule has 0 unspecified atom stereocenters. The average Bonchev–Trinajstić information content (AvgIpc) is 2.62. The molecule has 2 aromatic rings. The zero-order chi connectivity index (χ0) is 18.9. The van der Waals surface area contributed by atoms with Gasteiger partial charge >= 0.3 is 0 Å². The molecule has 3 nitrogen and oxygen atoms in total. The standard InChI is InChI=1S/C23H30N2O/c1-5-7-20-11-22(9-17(3)4)23(12-21(20)8-6-2)26-16-19-10-18(13-24)14-25-15-19/h10-12,14-15,17H,5-9,16H2,1-4H3. The molecular weight excluding hydrogens is 320 g/mol. The van der Waals surface area contributed by atoms with Gasteiger partial charge in [-0.05, 0) is 54.0 Å². The Hall–Kier alpha value is -2.34. The van der Waals surface area contributed by atoms with Crippen LogP contribution in [0.15, 0.2) is 30.6 Å². The normalized spacial score (nSPS) is 10.8. The van der Waals surface area contributed by atoms with Crippen molar-refractivity contribution in [3.63, 3.8) is 0 Å². The number of rotatable bonds is 9. The quantitative estimate of drug-likeness (QED) is 0.588. The van der Waals surface area contributed by atoms with Gasteiger partial charge in [0.15, 0.2) is 0 Å². The molecule has 0 N–H and O–H groups in total. The molecule has 1 aromatic carbocycles. The summed E-state index contributed by atoms with van der Waals surface area (Å²) in [6.45, 7) is 9.37. The van der Waals surface area contributed by atoms with E-state index >= 15 is 0 Å². The molecule has 0 fully saturated rings. The van der Waals surface area contributed by atoms with E-state index in [1.165, 1.54) is 16.7 Å². The molecular formula is C23H30N2O. The summed E-state index contributed by atoms with van der Waals surface area (Å²) in [6, 6.07) is 8.57. The Morgan fingerprint density at radius 2 is 1.69 bits per heavy atom. The number of benzene rings is 1. The van der Waals surface area contributed by atoms with Crippen LogP contribution in [0.2, 0.25) is 0 Å². The van der Waals surface area contributed by atoms with E-state index in [1.807, 2.05) is 6.07 Å². The first-order chi connectivity index (χ1) is 12.6. The first-order valence-electron chi connectivity index (χ1n) is 9.68. The molecule has 0 amide bonds. The fraction of sp³-hybridized carbons (Fsp3) is 0.478. The summed E-state index contributed by atoms with van der Waals surface area (Å²) >= 11 is 0. The molecule has 26 heavy (non-hydrogen) atoms. The summed E-state index contributed by atoms with van der Waals surface area (Å²) in [6.07, 6.45) is 8.84. The second kappa shape index (κ2) is 9.97. The van der Waals surface area contributed by atoms with Crippen molar-refractivity contribution in [2.24, 2.45) is 5.92 Å². The number of ether oxygens (including phenoxy) is 1. The van der Waals surface area contributed by atoms with Crippen LogP contribution in [0.3, 0.4) is 0 Å². The van der Waals surface area contributed by atoms with Crippen LogP contribution in [-0.2, 0) is 25.9 Å². The number of pyridine rings is 1. The largest absolute Gasteiger partial charge is 0.489 e. The second-order valence-electron chi connectivity index (χ2n) is 7.31. The van der Waals surface area contributed by atoms with Crippen molar-refractivity contribution in [3.05, 3.63) is 58.4 Å². The third-order valence-corrected chi connectivity index (χ3v) is 4.37. The molecule has 0 radical (unpaired) electrons. The molecule has 0 aliphatic heterocycles. The van der Waals surface area contributed by atoms with Crippen LogP contribution in [-0.4, -0.2) is 4.98 Å². The topological polar surface area (TPSA) is 45.9 Å². The van der Waals surface area contributed by atoms with Gasteiger partial charge in [-0.2, -0.15) is 5.26 Å². The van der Waals surface area contributed by atoms with E-state index in [1.54, 1.807) is 12.4 Å². The van der Waals surface area contributed by atoms with E-state index in [0.29, 0.717) is 18.1 Å².